The van der Waals surface area contributed by atoms with Crippen LogP contribution in [0, 0.1) is 0 Å². The van der Waals surface area contributed by atoms with Gasteiger partial charge in [0.25, 0.3) is 0 Å². The Morgan fingerprint density at radius 2 is 1.45 bits per heavy atom. The number of hydrogen-bond donors (Lipinski definition) is 1. The van der Waals surface area contributed by atoms with Gasteiger partial charge in [-0.2, -0.15) is 0 Å². The van der Waals surface area contributed by atoms with E-state index in [0.717, 1.165) is 12.1 Å². The van der Waals surface area contributed by atoms with E-state index in [2.05, 4.69) is 9.80 Å². The summed E-state index contributed by atoms with van der Waals surface area (Å²) < 4.78 is 5.49. The van der Waals surface area contributed by atoms with Crippen LogP contribution in [-0.2, 0) is 4.74 Å². The number of ether oxygens (including phenoxy) is 1. The highest BCUT2D eigenvalue weighted by atomic mass is 16.5. The highest BCUT2D eigenvalue weighted by Crippen LogP contribution is 2.29. The molecular formula is C16H31N3O. The van der Waals surface area contributed by atoms with E-state index in [-0.39, 0.29) is 0 Å². The molecule has 4 heteroatoms. The van der Waals surface area contributed by atoms with Gasteiger partial charge in [-0.25, -0.2) is 0 Å². The molecule has 0 radical (unpaired) electrons. The summed E-state index contributed by atoms with van der Waals surface area (Å²) in [4.78, 5) is 5.45. The van der Waals surface area contributed by atoms with Crippen LogP contribution < -0.4 is 5.73 Å². The predicted molar refractivity (Wildman–Crippen MR) is 81.8 cm³/mol. The van der Waals surface area contributed by atoms with Crippen molar-refractivity contribution < 1.29 is 4.74 Å². The van der Waals surface area contributed by atoms with Crippen molar-refractivity contribution in [2.75, 3.05) is 33.3 Å². The first-order chi connectivity index (χ1) is 9.76. The zero-order valence-corrected chi connectivity index (χ0v) is 13.0. The molecule has 0 spiro atoms. The average Bonchev–Trinajstić information content (AvgIpc) is 2.98. The molecule has 2 heterocycles. The summed E-state index contributed by atoms with van der Waals surface area (Å²) in [5.74, 6) is 0. The fourth-order valence-electron chi connectivity index (χ4n) is 4.33. The van der Waals surface area contributed by atoms with Crippen LogP contribution in [0.4, 0.5) is 0 Å². The molecule has 2 N–H and O–H groups in total. The first kappa shape index (κ1) is 14.8. The van der Waals surface area contributed by atoms with Gasteiger partial charge < -0.3 is 10.5 Å². The summed E-state index contributed by atoms with van der Waals surface area (Å²) >= 11 is 0. The quantitative estimate of drug-likeness (QED) is 0.850. The van der Waals surface area contributed by atoms with Crippen LogP contribution in [0.25, 0.3) is 0 Å². The van der Waals surface area contributed by atoms with Crippen LogP contribution in [0.3, 0.4) is 0 Å². The summed E-state index contributed by atoms with van der Waals surface area (Å²) in [6.45, 7) is 5.03. The summed E-state index contributed by atoms with van der Waals surface area (Å²) in [7, 11) is 1.86. The maximum atomic E-state index is 6.02. The normalized spacial score (nSPS) is 38.4. The molecule has 20 heavy (non-hydrogen) atoms. The second-order valence-electron chi connectivity index (χ2n) is 6.98. The highest BCUT2D eigenvalue weighted by molar-refractivity contribution is 4.91. The molecule has 3 rings (SSSR count). The molecule has 0 bridgehead atoms. The zero-order chi connectivity index (χ0) is 13.9. The molecule has 0 aromatic heterocycles. The molecule has 2 saturated heterocycles. The van der Waals surface area contributed by atoms with E-state index in [1.807, 2.05) is 7.11 Å². The van der Waals surface area contributed by atoms with Crippen molar-refractivity contribution >= 4 is 0 Å². The molecule has 0 aromatic rings. The third-order valence-corrected chi connectivity index (χ3v) is 5.78. The van der Waals surface area contributed by atoms with Gasteiger partial charge in [0, 0.05) is 38.3 Å². The van der Waals surface area contributed by atoms with Gasteiger partial charge >= 0.3 is 0 Å². The van der Waals surface area contributed by atoms with Crippen LogP contribution in [0.2, 0.25) is 0 Å². The highest BCUT2D eigenvalue weighted by Gasteiger charge is 2.34. The van der Waals surface area contributed by atoms with Gasteiger partial charge in [-0.05, 0) is 58.0 Å². The molecule has 0 amide bonds. The lowest BCUT2D eigenvalue weighted by atomic mass is 9.92. The number of nitrogens with two attached hydrogens (primary N) is 1. The van der Waals surface area contributed by atoms with E-state index < -0.39 is 0 Å². The largest absolute Gasteiger partial charge is 0.381 e. The Hall–Kier alpha value is -0.160. The Morgan fingerprint density at radius 1 is 0.800 bits per heavy atom. The van der Waals surface area contributed by atoms with E-state index in [4.69, 9.17) is 10.5 Å². The molecular weight excluding hydrogens is 250 g/mol. The monoisotopic (exact) mass is 281 g/mol. The molecule has 1 saturated carbocycles. The number of hydrogen-bond acceptors (Lipinski definition) is 4. The molecule has 116 valence electrons. The lowest BCUT2D eigenvalue weighted by Gasteiger charge is -2.37. The average molecular weight is 281 g/mol. The van der Waals surface area contributed by atoms with Gasteiger partial charge in [0.1, 0.15) is 0 Å². The smallest absolute Gasteiger partial charge is 0.0572 e. The standard InChI is InChI=1S/C16H31N3O/c1-20-16-4-2-14(3-5-16)19-11-8-15(12-19)18-9-6-13(17)7-10-18/h13-16H,2-12,17H2,1H3. The summed E-state index contributed by atoms with van der Waals surface area (Å²) in [5.41, 5.74) is 6.02. The van der Waals surface area contributed by atoms with Gasteiger partial charge in [0.05, 0.1) is 6.10 Å². The van der Waals surface area contributed by atoms with Crippen LogP contribution in [-0.4, -0.2) is 67.3 Å². The van der Waals surface area contributed by atoms with Gasteiger partial charge in [0.15, 0.2) is 0 Å². The lowest BCUT2D eigenvalue weighted by Crippen LogP contribution is -2.47. The van der Waals surface area contributed by atoms with Gasteiger partial charge in [-0.1, -0.05) is 0 Å². The van der Waals surface area contributed by atoms with Crippen molar-refractivity contribution in [3.8, 4) is 0 Å². The molecule has 3 aliphatic rings. The first-order valence-electron chi connectivity index (χ1n) is 8.52. The Kier molecular flexibility index (Phi) is 4.97. The fourth-order valence-corrected chi connectivity index (χ4v) is 4.33. The van der Waals surface area contributed by atoms with E-state index in [0.29, 0.717) is 12.1 Å². The Balaban J connectivity index is 1.45. The third-order valence-electron chi connectivity index (χ3n) is 5.78. The Morgan fingerprint density at radius 3 is 2.10 bits per heavy atom. The zero-order valence-electron chi connectivity index (χ0n) is 13.0. The SMILES string of the molecule is COC1CCC(N2CCC(N3CCC(N)CC3)C2)CC1. The number of piperidine rings is 1. The second kappa shape index (κ2) is 6.73. The minimum absolute atomic E-state index is 0.452. The summed E-state index contributed by atoms with van der Waals surface area (Å²) in [6, 6.07) is 2.06. The van der Waals surface area contributed by atoms with Gasteiger partial charge in [-0.15, -0.1) is 0 Å². The van der Waals surface area contributed by atoms with Gasteiger partial charge in [-0.3, -0.25) is 9.80 Å². The second-order valence-corrected chi connectivity index (χ2v) is 6.98. The Bertz CT molecular complexity index is 296. The maximum Gasteiger partial charge on any atom is 0.0572 e. The molecule has 0 aromatic carbocycles. The van der Waals surface area contributed by atoms with Crippen molar-refractivity contribution in [1.82, 2.24) is 9.80 Å². The van der Waals surface area contributed by atoms with Crippen LogP contribution in [0.5, 0.6) is 0 Å². The predicted octanol–water partition coefficient (Wildman–Crippen LogP) is 1.44. The minimum Gasteiger partial charge on any atom is -0.381 e. The third kappa shape index (κ3) is 3.35. The van der Waals surface area contributed by atoms with Gasteiger partial charge in [0.2, 0.25) is 0 Å². The summed E-state index contributed by atoms with van der Waals surface area (Å²) in [5, 5.41) is 0. The molecule has 3 fully saturated rings. The fraction of sp³-hybridized carbons (Fsp3) is 1.00. The Labute approximate surface area is 123 Å². The van der Waals surface area contributed by atoms with Crippen LogP contribution in [0.1, 0.15) is 44.9 Å². The first-order valence-corrected chi connectivity index (χ1v) is 8.52. The number of likely N-dealkylation sites (tertiary alicyclic amines) is 2. The van der Waals surface area contributed by atoms with E-state index in [1.54, 1.807) is 0 Å². The van der Waals surface area contributed by atoms with E-state index in [9.17, 15) is 0 Å². The number of methoxy groups -OCH3 is 1. The minimum atomic E-state index is 0.452. The number of nitrogens with zero attached hydrogens (tertiary/aromatic N) is 2. The van der Waals surface area contributed by atoms with Crippen molar-refractivity contribution in [3.05, 3.63) is 0 Å². The molecule has 4 nitrogen and oxygen atoms in total. The lowest BCUT2D eigenvalue weighted by molar-refractivity contribution is 0.0414. The molecule has 1 atom stereocenters. The summed E-state index contributed by atoms with van der Waals surface area (Å²) in [6.07, 6.45) is 9.42. The van der Waals surface area contributed by atoms with Crippen molar-refractivity contribution in [3.63, 3.8) is 0 Å². The van der Waals surface area contributed by atoms with E-state index in [1.165, 1.54) is 71.1 Å². The van der Waals surface area contributed by atoms with Crippen molar-refractivity contribution in [2.24, 2.45) is 5.73 Å². The molecule has 1 unspecified atom stereocenters. The van der Waals surface area contributed by atoms with Crippen molar-refractivity contribution in [2.45, 2.75) is 69.2 Å². The van der Waals surface area contributed by atoms with E-state index >= 15 is 0 Å². The van der Waals surface area contributed by atoms with Crippen molar-refractivity contribution in [1.29, 1.82) is 0 Å². The van der Waals surface area contributed by atoms with Crippen LogP contribution in [0.15, 0.2) is 0 Å². The molecule has 1 aliphatic carbocycles. The number of rotatable bonds is 3. The topological polar surface area (TPSA) is 41.7 Å². The van der Waals surface area contributed by atoms with Crippen LogP contribution >= 0.6 is 0 Å². The molecule has 2 aliphatic heterocycles. The maximum absolute atomic E-state index is 6.02.